The first-order chi connectivity index (χ1) is 12.6. The summed E-state index contributed by atoms with van der Waals surface area (Å²) in [7, 11) is 0. The summed E-state index contributed by atoms with van der Waals surface area (Å²) in [4.78, 5) is 2.04. The van der Waals surface area contributed by atoms with Gasteiger partial charge in [0, 0.05) is 41.3 Å². The number of benzene rings is 2. The zero-order valence-corrected chi connectivity index (χ0v) is 15.5. The van der Waals surface area contributed by atoms with E-state index >= 15 is 0 Å². The smallest absolute Gasteiger partial charge is 0.174 e. The van der Waals surface area contributed by atoms with E-state index in [-0.39, 0.29) is 11.9 Å². The van der Waals surface area contributed by atoms with Crippen molar-refractivity contribution in [3.8, 4) is 0 Å². The van der Waals surface area contributed by atoms with E-state index in [0.717, 1.165) is 17.9 Å². The molecular weight excluding hydrogens is 369 g/mol. The average molecular weight is 386 g/mol. The molecule has 1 aliphatic rings. The second-order valence-corrected chi connectivity index (χ2v) is 7.00. The molecule has 1 N–H and O–H groups in total. The molecule has 0 radical (unpaired) electrons. The number of fused-ring (bicyclic) bond motifs is 1. The predicted molar refractivity (Wildman–Crippen MR) is 107 cm³/mol. The van der Waals surface area contributed by atoms with Gasteiger partial charge in [0.25, 0.3) is 0 Å². The Hall–Kier alpha value is -2.37. The molecule has 0 fully saturated rings. The maximum atomic E-state index is 14.6. The van der Waals surface area contributed by atoms with E-state index in [9.17, 15) is 4.39 Å². The summed E-state index contributed by atoms with van der Waals surface area (Å²) < 4.78 is 16.7. The Morgan fingerprint density at radius 2 is 1.81 bits per heavy atom. The van der Waals surface area contributed by atoms with Crippen LogP contribution >= 0.6 is 23.8 Å². The number of rotatable bonds is 2. The third-order valence-electron chi connectivity index (χ3n) is 4.59. The molecule has 3 nitrogen and oxygen atoms in total. The van der Waals surface area contributed by atoms with Crippen molar-refractivity contribution >= 4 is 34.6 Å². The van der Waals surface area contributed by atoms with Gasteiger partial charge in [-0.25, -0.2) is 4.39 Å². The van der Waals surface area contributed by atoms with Gasteiger partial charge >= 0.3 is 0 Å². The van der Waals surface area contributed by atoms with Crippen LogP contribution in [0.4, 0.5) is 10.1 Å². The molecule has 4 rings (SSSR count). The van der Waals surface area contributed by atoms with Crippen LogP contribution in [0, 0.1) is 5.82 Å². The molecule has 0 amide bonds. The van der Waals surface area contributed by atoms with Crippen LogP contribution in [0.2, 0.25) is 5.02 Å². The van der Waals surface area contributed by atoms with Crippen molar-refractivity contribution in [2.45, 2.75) is 12.6 Å². The summed E-state index contributed by atoms with van der Waals surface area (Å²) in [5.41, 5.74) is 2.50. The van der Waals surface area contributed by atoms with Crippen molar-refractivity contribution in [2.75, 3.05) is 11.9 Å². The highest BCUT2D eigenvalue weighted by Crippen LogP contribution is 2.34. The van der Waals surface area contributed by atoms with Crippen molar-refractivity contribution in [1.29, 1.82) is 0 Å². The molecule has 1 aliphatic heterocycles. The molecule has 0 aliphatic carbocycles. The van der Waals surface area contributed by atoms with Gasteiger partial charge in [0.2, 0.25) is 0 Å². The molecule has 0 saturated carbocycles. The van der Waals surface area contributed by atoms with Gasteiger partial charge in [-0.3, -0.25) is 0 Å². The molecule has 26 heavy (non-hydrogen) atoms. The summed E-state index contributed by atoms with van der Waals surface area (Å²) in [6.45, 7) is 1.50. The molecule has 2 heterocycles. The molecule has 6 heteroatoms. The molecule has 3 aromatic rings. The number of hydrogen-bond donors (Lipinski definition) is 1. The number of hydrogen-bond acceptors (Lipinski definition) is 1. The lowest BCUT2D eigenvalue weighted by Gasteiger charge is -2.39. The normalized spacial score (nSPS) is 16.2. The molecule has 0 unspecified atom stereocenters. The van der Waals surface area contributed by atoms with Crippen LogP contribution in [0.1, 0.15) is 17.3 Å². The SMILES string of the molecule is Fc1ccccc1[C@@H]1c2cccn2CCN1C(=S)Nc1ccc(Cl)cc1. The van der Waals surface area contributed by atoms with Gasteiger partial charge in [0.05, 0.1) is 6.04 Å². The first-order valence-electron chi connectivity index (χ1n) is 8.36. The van der Waals surface area contributed by atoms with Crippen LogP contribution in [0.3, 0.4) is 0 Å². The Labute approximate surface area is 162 Å². The Bertz CT molecular complexity index is 938. The van der Waals surface area contributed by atoms with Crippen LogP contribution in [0.25, 0.3) is 0 Å². The van der Waals surface area contributed by atoms with Gasteiger partial charge in [-0.15, -0.1) is 0 Å². The first-order valence-corrected chi connectivity index (χ1v) is 9.15. The number of nitrogens with zero attached hydrogens (tertiary/aromatic N) is 2. The number of aromatic nitrogens is 1. The highest BCUT2D eigenvalue weighted by molar-refractivity contribution is 7.80. The molecule has 132 valence electrons. The van der Waals surface area contributed by atoms with Gasteiger partial charge in [-0.1, -0.05) is 29.8 Å². The third-order valence-corrected chi connectivity index (χ3v) is 5.18. The van der Waals surface area contributed by atoms with Crippen LogP contribution in [-0.4, -0.2) is 21.1 Å². The van der Waals surface area contributed by atoms with E-state index in [0.29, 0.717) is 22.2 Å². The Balaban J connectivity index is 1.69. The van der Waals surface area contributed by atoms with E-state index in [1.165, 1.54) is 6.07 Å². The maximum absolute atomic E-state index is 14.6. The lowest BCUT2D eigenvalue weighted by Crippen LogP contribution is -2.44. The van der Waals surface area contributed by atoms with E-state index in [1.807, 2.05) is 59.6 Å². The first kappa shape index (κ1) is 17.1. The largest absolute Gasteiger partial charge is 0.348 e. The van der Waals surface area contributed by atoms with Crippen molar-refractivity contribution in [3.63, 3.8) is 0 Å². The second-order valence-electron chi connectivity index (χ2n) is 6.18. The molecule has 0 saturated heterocycles. The minimum absolute atomic E-state index is 0.230. The zero-order valence-electron chi connectivity index (χ0n) is 13.9. The highest BCUT2D eigenvalue weighted by Gasteiger charge is 2.32. The standard InChI is InChI=1S/C20H17ClFN3S/c21-14-7-9-15(10-8-14)23-20(26)25-13-12-24-11-3-6-18(24)19(25)16-4-1-2-5-17(16)22/h1-11,19H,12-13H2,(H,23,26)/t19-/m1/s1. The number of thiocarbonyl (C=S) groups is 1. The molecule has 1 atom stereocenters. The van der Waals surface area contributed by atoms with Crippen LogP contribution in [-0.2, 0) is 6.54 Å². The van der Waals surface area contributed by atoms with Gasteiger partial charge in [-0.05, 0) is 54.7 Å². The van der Waals surface area contributed by atoms with Crippen LogP contribution in [0.15, 0.2) is 66.9 Å². The van der Waals surface area contributed by atoms with E-state index in [4.69, 9.17) is 23.8 Å². The van der Waals surface area contributed by atoms with E-state index in [2.05, 4.69) is 9.88 Å². The Morgan fingerprint density at radius 3 is 2.58 bits per heavy atom. The van der Waals surface area contributed by atoms with Crippen molar-refractivity contribution in [1.82, 2.24) is 9.47 Å². The predicted octanol–water partition coefficient (Wildman–Crippen LogP) is 5.08. The summed E-state index contributed by atoms with van der Waals surface area (Å²) in [6.07, 6.45) is 2.02. The van der Waals surface area contributed by atoms with Gasteiger partial charge in [-0.2, -0.15) is 0 Å². The fourth-order valence-electron chi connectivity index (χ4n) is 3.35. The summed E-state index contributed by atoms with van der Waals surface area (Å²) in [5.74, 6) is -0.230. The minimum Gasteiger partial charge on any atom is -0.348 e. The zero-order chi connectivity index (χ0) is 18.1. The Morgan fingerprint density at radius 1 is 1.04 bits per heavy atom. The molecular formula is C20H17ClFN3S. The maximum Gasteiger partial charge on any atom is 0.174 e. The fourth-order valence-corrected chi connectivity index (χ4v) is 3.80. The second kappa shape index (κ2) is 7.09. The monoisotopic (exact) mass is 385 g/mol. The molecule has 0 spiro atoms. The van der Waals surface area contributed by atoms with Gasteiger partial charge < -0.3 is 14.8 Å². The number of nitrogens with one attached hydrogen (secondary N) is 1. The molecule has 0 bridgehead atoms. The van der Waals surface area contributed by atoms with E-state index < -0.39 is 0 Å². The van der Waals surface area contributed by atoms with Crippen molar-refractivity contribution in [3.05, 3.63) is 89.0 Å². The Kier molecular flexibility index (Phi) is 4.66. The van der Waals surface area contributed by atoms with Crippen molar-refractivity contribution < 1.29 is 4.39 Å². The van der Waals surface area contributed by atoms with Gasteiger partial charge in [0.1, 0.15) is 5.82 Å². The molecule has 1 aromatic heterocycles. The highest BCUT2D eigenvalue weighted by atomic mass is 35.5. The topological polar surface area (TPSA) is 20.2 Å². The summed E-state index contributed by atoms with van der Waals surface area (Å²) in [5, 5.41) is 4.48. The van der Waals surface area contributed by atoms with Crippen molar-refractivity contribution in [2.24, 2.45) is 0 Å². The third kappa shape index (κ3) is 3.20. The average Bonchev–Trinajstić information content (AvgIpc) is 3.12. The quantitative estimate of drug-likeness (QED) is 0.621. The minimum atomic E-state index is -0.271. The number of halogens is 2. The summed E-state index contributed by atoms with van der Waals surface area (Å²) >= 11 is 11.6. The fraction of sp³-hybridized carbons (Fsp3) is 0.150. The lowest BCUT2D eigenvalue weighted by atomic mass is 10.00. The number of anilines is 1. The molecule has 2 aromatic carbocycles. The van der Waals surface area contributed by atoms with Gasteiger partial charge in [0.15, 0.2) is 5.11 Å². The lowest BCUT2D eigenvalue weighted by molar-refractivity contribution is 0.288. The van der Waals surface area contributed by atoms with Crippen LogP contribution in [0.5, 0.6) is 0 Å². The van der Waals surface area contributed by atoms with E-state index in [1.54, 1.807) is 6.07 Å². The summed E-state index contributed by atoms with van der Waals surface area (Å²) in [6, 6.07) is 18.0. The van der Waals surface area contributed by atoms with Crippen LogP contribution < -0.4 is 5.32 Å².